The molecule has 2 heterocycles. The van der Waals surface area contributed by atoms with E-state index >= 15 is 0 Å². The second-order valence-corrected chi connectivity index (χ2v) is 7.28. The van der Waals surface area contributed by atoms with Crippen LogP contribution in [0.5, 0.6) is 5.75 Å². The molecule has 1 aliphatic rings. The van der Waals surface area contributed by atoms with Gasteiger partial charge in [-0.2, -0.15) is 5.10 Å². The molecule has 0 unspecified atom stereocenters. The minimum Gasteiger partial charge on any atom is -0.504 e. The van der Waals surface area contributed by atoms with Crippen molar-refractivity contribution in [3.05, 3.63) is 71.3 Å². The number of aromatic hydroxyl groups is 1. The van der Waals surface area contributed by atoms with E-state index < -0.39 is 11.6 Å². The lowest BCUT2D eigenvalue weighted by molar-refractivity contribution is 0.0787. The summed E-state index contributed by atoms with van der Waals surface area (Å²) in [5, 5.41) is 14.5. The molecular formula is C22H22FN3O2. The van der Waals surface area contributed by atoms with Crippen LogP contribution in [0.25, 0.3) is 11.1 Å². The lowest BCUT2D eigenvalue weighted by Crippen LogP contribution is -2.29. The van der Waals surface area contributed by atoms with Gasteiger partial charge in [-0.3, -0.25) is 9.48 Å². The van der Waals surface area contributed by atoms with Crippen molar-refractivity contribution in [3.63, 3.8) is 0 Å². The molecular weight excluding hydrogens is 357 g/mol. The van der Waals surface area contributed by atoms with Gasteiger partial charge in [-0.1, -0.05) is 24.3 Å². The second kappa shape index (κ2) is 7.11. The third-order valence-electron chi connectivity index (χ3n) is 5.25. The zero-order valence-corrected chi connectivity index (χ0v) is 15.9. The fraction of sp³-hybridized carbons (Fsp3) is 0.273. The number of likely N-dealkylation sites (tertiary alicyclic amines) is 1. The molecule has 1 atom stereocenters. The van der Waals surface area contributed by atoms with Crippen molar-refractivity contribution in [3.8, 4) is 16.9 Å². The van der Waals surface area contributed by atoms with Crippen LogP contribution in [0.2, 0.25) is 0 Å². The van der Waals surface area contributed by atoms with Gasteiger partial charge >= 0.3 is 0 Å². The molecule has 28 heavy (non-hydrogen) atoms. The average molecular weight is 379 g/mol. The van der Waals surface area contributed by atoms with Gasteiger partial charge in [0, 0.05) is 29.9 Å². The van der Waals surface area contributed by atoms with E-state index in [0.717, 1.165) is 17.8 Å². The van der Waals surface area contributed by atoms with Gasteiger partial charge in [0.05, 0.1) is 11.7 Å². The van der Waals surface area contributed by atoms with E-state index in [9.17, 15) is 14.3 Å². The molecule has 1 fully saturated rings. The minimum absolute atomic E-state index is 0.0678. The Morgan fingerprint density at radius 3 is 2.71 bits per heavy atom. The molecule has 0 bridgehead atoms. The number of hydrogen-bond donors (Lipinski definition) is 1. The first-order chi connectivity index (χ1) is 13.4. The number of phenolic OH excluding ortho intramolecular Hbond substituents is 1. The molecule has 3 aromatic rings. The fourth-order valence-electron chi connectivity index (χ4n) is 3.89. The molecule has 0 spiro atoms. The van der Waals surface area contributed by atoms with Crippen LogP contribution in [0.15, 0.2) is 48.5 Å². The summed E-state index contributed by atoms with van der Waals surface area (Å²) in [5.41, 5.74) is 3.58. The molecule has 5 nitrogen and oxygen atoms in total. The summed E-state index contributed by atoms with van der Waals surface area (Å²) in [4.78, 5) is 14.8. The Morgan fingerprint density at radius 2 is 1.96 bits per heavy atom. The summed E-state index contributed by atoms with van der Waals surface area (Å²) in [6.45, 7) is 5.27. The summed E-state index contributed by atoms with van der Waals surface area (Å²) >= 11 is 0. The highest BCUT2D eigenvalue weighted by molar-refractivity contribution is 5.96. The first kappa shape index (κ1) is 18.2. The summed E-state index contributed by atoms with van der Waals surface area (Å²) in [7, 11) is 0. The molecule has 1 saturated heterocycles. The van der Waals surface area contributed by atoms with Crippen LogP contribution < -0.4 is 0 Å². The SMILES string of the molecule is Cc1cc(C)n([C@@H]2CCN(C(=O)c3cccc(-c4cccc(F)c4O)c3)C2)n1. The number of benzene rings is 2. The molecule has 1 amide bonds. The molecule has 0 aliphatic carbocycles. The van der Waals surface area contributed by atoms with E-state index in [1.54, 1.807) is 36.4 Å². The van der Waals surface area contributed by atoms with Gasteiger partial charge in [0.25, 0.3) is 5.91 Å². The number of phenols is 1. The second-order valence-electron chi connectivity index (χ2n) is 7.28. The van der Waals surface area contributed by atoms with Crippen molar-refractivity contribution in [1.82, 2.24) is 14.7 Å². The van der Waals surface area contributed by atoms with Crippen LogP contribution >= 0.6 is 0 Å². The zero-order chi connectivity index (χ0) is 19.8. The van der Waals surface area contributed by atoms with Gasteiger partial charge in [-0.15, -0.1) is 0 Å². The van der Waals surface area contributed by atoms with Gasteiger partial charge in [0.1, 0.15) is 0 Å². The van der Waals surface area contributed by atoms with E-state index in [1.165, 1.54) is 6.07 Å². The predicted octanol–water partition coefficient (Wildman–Crippen LogP) is 4.10. The van der Waals surface area contributed by atoms with Crippen molar-refractivity contribution in [2.24, 2.45) is 0 Å². The number of amides is 1. The summed E-state index contributed by atoms with van der Waals surface area (Å²) < 4.78 is 15.7. The smallest absolute Gasteiger partial charge is 0.253 e. The zero-order valence-electron chi connectivity index (χ0n) is 15.9. The Hall–Kier alpha value is -3.15. The van der Waals surface area contributed by atoms with Gasteiger partial charge in [-0.05, 0) is 50.1 Å². The Morgan fingerprint density at radius 1 is 1.18 bits per heavy atom. The highest BCUT2D eigenvalue weighted by Crippen LogP contribution is 2.32. The maximum Gasteiger partial charge on any atom is 0.253 e. The van der Waals surface area contributed by atoms with Crippen LogP contribution in [0.1, 0.15) is 34.2 Å². The molecule has 4 rings (SSSR count). The fourth-order valence-corrected chi connectivity index (χ4v) is 3.89. The first-order valence-electron chi connectivity index (χ1n) is 9.34. The largest absolute Gasteiger partial charge is 0.504 e. The van der Waals surface area contributed by atoms with Crippen molar-refractivity contribution in [2.45, 2.75) is 26.3 Å². The quantitative estimate of drug-likeness (QED) is 0.745. The number of carbonyl (C=O) groups is 1. The molecule has 0 saturated carbocycles. The number of carbonyl (C=O) groups excluding carboxylic acids is 1. The number of para-hydroxylation sites is 1. The van der Waals surface area contributed by atoms with Gasteiger partial charge in [0.2, 0.25) is 0 Å². The molecule has 2 aromatic carbocycles. The maximum atomic E-state index is 13.7. The van der Waals surface area contributed by atoms with E-state index in [-0.39, 0.29) is 11.9 Å². The number of halogens is 1. The van der Waals surface area contributed by atoms with Crippen LogP contribution in [-0.2, 0) is 0 Å². The highest BCUT2D eigenvalue weighted by atomic mass is 19.1. The Balaban J connectivity index is 1.56. The van der Waals surface area contributed by atoms with Crippen molar-refractivity contribution >= 4 is 5.91 Å². The summed E-state index contributed by atoms with van der Waals surface area (Å²) in [6.07, 6.45) is 0.859. The van der Waals surface area contributed by atoms with E-state index in [2.05, 4.69) is 5.10 Å². The van der Waals surface area contributed by atoms with Crippen LogP contribution in [0.4, 0.5) is 4.39 Å². The van der Waals surface area contributed by atoms with E-state index in [1.807, 2.05) is 29.5 Å². The third-order valence-corrected chi connectivity index (χ3v) is 5.25. The van der Waals surface area contributed by atoms with E-state index in [0.29, 0.717) is 29.8 Å². The Kier molecular flexibility index (Phi) is 4.63. The topological polar surface area (TPSA) is 58.4 Å². The number of aromatic nitrogens is 2. The van der Waals surface area contributed by atoms with Crippen molar-refractivity contribution in [2.75, 3.05) is 13.1 Å². The average Bonchev–Trinajstić information content (AvgIpc) is 3.29. The standard InChI is InChI=1S/C22H22FN3O2/c1-14-11-15(2)26(24-14)18-9-10-25(13-18)22(28)17-6-3-5-16(12-17)19-7-4-8-20(23)21(19)27/h3-8,11-12,18,27H,9-10,13H2,1-2H3/t18-/m1/s1. The lowest BCUT2D eigenvalue weighted by atomic mass is 10.0. The predicted molar refractivity (Wildman–Crippen MR) is 105 cm³/mol. The minimum atomic E-state index is -0.679. The molecule has 144 valence electrons. The number of nitrogens with zero attached hydrogens (tertiary/aromatic N) is 3. The van der Waals surface area contributed by atoms with Gasteiger partial charge < -0.3 is 10.0 Å². The normalized spacial score (nSPS) is 16.5. The molecule has 6 heteroatoms. The van der Waals surface area contributed by atoms with Crippen molar-refractivity contribution in [1.29, 1.82) is 0 Å². The number of hydrogen-bond acceptors (Lipinski definition) is 3. The highest BCUT2D eigenvalue weighted by Gasteiger charge is 2.29. The molecule has 1 aromatic heterocycles. The molecule has 1 N–H and O–H groups in total. The summed E-state index contributed by atoms with van der Waals surface area (Å²) in [5.74, 6) is -1.15. The Bertz CT molecular complexity index is 1040. The van der Waals surface area contributed by atoms with Gasteiger partial charge in [-0.25, -0.2) is 4.39 Å². The van der Waals surface area contributed by atoms with Crippen LogP contribution in [0.3, 0.4) is 0 Å². The van der Waals surface area contributed by atoms with Crippen molar-refractivity contribution < 1.29 is 14.3 Å². The molecule has 0 radical (unpaired) electrons. The van der Waals surface area contributed by atoms with E-state index in [4.69, 9.17) is 0 Å². The van der Waals surface area contributed by atoms with Crippen LogP contribution in [0, 0.1) is 19.7 Å². The monoisotopic (exact) mass is 379 g/mol. The molecule has 1 aliphatic heterocycles. The van der Waals surface area contributed by atoms with Gasteiger partial charge in [0.15, 0.2) is 11.6 Å². The summed E-state index contributed by atoms with van der Waals surface area (Å²) in [6, 6.07) is 13.6. The third kappa shape index (κ3) is 3.26. The maximum absolute atomic E-state index is 13.7. The van der Waals surface area contributed by atoms with Crippen LogP contribution in [-0.4, -0.2) is 38.8 Å². The number of aryl methyl sites for hydroxylation is 2. The first-order valence-corrected chi connectivity index (χ1v) is 9.34. The number of rotatable bonds is 3. The Labute approximate surface area is 163 Å². The lowest BCUT2D eigenvalue weighted by Gasteiger charge is -2.18.